The molecule has 0 N–H and O–H groups in total. The Hall–Kier alpha value is -1.25. The molecular formula is C7H7BO2. The van der Waals surface area contributed by atoms with Crippen LogP contribution in [0.15, 0.2) is 24.3 Å². The van der Waals surface area contributed by atoms with Gasteiger partial charge < -0.3 is 4.74 Å². The van der Waals surface area contributed by atoms with Crippen LogP contribution in [-0.4, -0.2) is 14.3 Å². The number of benzene rings is 1. The molecule has 0 fully saturated rings. The topological polar surface area (TPSA) is 26.3 Å². The molecule has 0 aliphatic heterocycles. The van der Waals surface area contributed by atoms with E-state index in [0.717, 1.165) is 5.46 Å². The number of hydrogen-bond donors (Lipinski definition) is 0. The fourth-order valence-corrected chi connectivity index (χ4v) is 0.672. The van der Waals surface area contributed by atoms with Crippen LogP contribution in [0.5, 0.6) is 5.75 Å². The summed E-state index contributed by atoms with van der Waals surface area (Å²) in [5, 5.41) is 0. The largest absolute Gasteiger partial charge is 0.429 e. The van der Waals surface area contributed by atoms with E-state index in [1.807, 2.05) is 20.0 Å². The van der Waals surface area contributed by atoms with Crippen LogP contribution < -0.4 is 10.2 Å². The van der Waals surface area contributed by atoms with E-state index in [1.165, 1.54) is 0 Å². The molecule has 10 heavy (non-hydrogen) atoms. The summed E-state index contributed by atoms with van der Waals surface area (Å²) >= 11 is 0. The van der Waals surface area contributed by atoms with Crippen molar-refractivity contribution in [1.29, 1.82) is 0 Å². The Labute approximate surface area is 60.2 Å². The van der Waals surface area contributed by atoms with Crippen LogP contribution >= 0.6 is 0 Å². The second-order valence-electron chi connectivity index (χ2n) is 2.03. The first-order valence-electron chi connectivity index (χ1n) is 3.00. The summed E-state index contributed by atoms with van der Waals surface area (Å²) in [6.07, 6.45) is 0. The minimum absolute atomic E-state index is 0.421. The average molecular weight is 134 g/mol. The van der Waals surface area contributed by atoms with Crippen LogP contribution in [0.1, 0.15) is 0 Å². The van der Waals surface area contributed by atoms with Crippen molar-refractivity contribution in [3.63, 3.8) is 0 Å². The molecule has 3 heteroatoms. The SMILES string of the molecule is Bc1ccc(OC=O)cc1. The van der Waals surface area contributed by atoms with Crippen molar-refractivity contribution < 1.29 is 9.53 Å². The van der Waals surface area contributed by atoms with E-state index in [0.29, 0.717) is 12.2 Å². The normalized spacial score (nSPS) is 8.80. The predicted octanol–water partition coefficient (Wildman–Crippen LogP) is -0.520. The lowest BCUT2D eigenvalue weighted by molar-refractivity contribution is -0.120. The van der Waals surface area contributed by atoms with Crippen LogP contribution in [-0.2, 0) is 4.79 Å². The smallest absolute Gasteiger partial charge is 0.298 e. The minimum atomic E-state index is 0.421. The number of ether oxygens (including phenoxy) is 1. The molecule has 0 radical (unpaired) electrons. The molecule has 0 spiro atoms. The highest BCUT2D eigenvalue weighted by atomic mass is 16.5. The molecule has 2 nitrogen and oxygen atoms in total. The van der Waals surface area contributed by atoms with Gasteiger partial charge in [0.25, 0.3) is 6.47 Å². The van der Waals surface area contributed by atoms with Crippen LogP contribution in [0.25, 0.3) is 0 Å². The molecule has 0 saturated heterocycles. The number of rotatable bonds is 2. The van der Waals surface area contributed by atoms with Gasteiger partial charge in [0.2, 0.25) is 0 Å². The van der Waals surface area contributed by atoms with Gasteiger partial charge in [0.05, 0.1) is 0 Å². The molecule has 1 aromatic carbocycles. The van der Waals surface area contributed by atoms with E-state index in [4.69, 9.17) is 0 Å². The summed E-state index contributed by atoms with van der Waals surface area (Å²) in [6.45, 7) is 0.421. The maximum Gasteiger partial charge on any atom is 0.298 e. The Morgan fingerprint density at radius 3 is 2.40 bits per heavy atom. The molecule has 0 bridgehead atoms. The van der Waals surface area contributed by atoms with E-state index in [2.05, 4.69) is 4.74 Å². The van der Waals surface area contributed by atoms with Crippen molar-refractivity contribution in [3.05, 3.63) is 24.3 Å². The first kappa shape index (κ1) is 6.87. The fourth-order valence-electron chi connectivity index (χ4n) is 0.672. The summed E-state index contributed by atoms with van der Waals surface area (Å²) in [6, 6.07) is 7.28. The van der Waals surface area contributed by atoms with Gasteiger partial charge in [0.1, 0.15) is 13.6 Å². The van der Waals surface area contributed by atoms with Gasteiger partial charge in [0, 0.05) is 0 Å². The van der Waals surface area contributed by atoms with Crippen molar-refractivity contribution in [3.8, 4) is 5.75 Å². The standard InChI is InChI=1S/C7H7BO2/c8-6-1-3-7(4-2-6)10-5-9/h1-5H,8H2. The van der Waals surface area contributed by atoms with Gasteiger partial charge in [-0.1, -0.05) is 17.6 Å². The zero-order valence-corrected chi connectivity index (χ0v) is 5.70. The Kier molecular flexibility index (Phi) is 2.10. The van der Waals surface area contributed by atoms with Crippen molar-refractivity contribution in [2.75, 3.05) is 0 Å². The summed E-state index contributed by atoms with van der Waals surface area (Å²) in [7, 11) is 1.98. The summed E-state index contributed by atoms with van der Waals surface area (Å²) < 4.78 is 4.58. The molecule has 0 amide bonds. The lowest BCUT2D eigenvalue weighted by Gasteiger charge is -1.95. The van der Waals surface area contributed by atoms with Gasteiger partial charge in [0.15, 0.2) is 0 Å². The fraction of sp³-hybridized carbons (Fsp3) is 0. The Bertz CT molecular complexity index is 218. The van der Waals surface area contributed by atoms with Gasteiger partial charge in [-0.05, 0) is 12.1 Å². The van der Waals surface area contributed by atoms with E-state index in [9.17, 15) is 4.79 Å². The molecule has 0 unspecified atom stereocenters. The molecule has 0 atom stereocenters. The average Bonchev–Trinajstić information content (AvgIpc) is 1.95. The third-order valence-corrected chi connectivity index (χ3v) is 1.21. The highest BCUT2D eigenvalue weighted by Gasteiger charge is 1.88. The molecular weight excluding hydrogens is 127 g/mol. The number of carbonyl (C=O) groups excluding carboxylic acids is 1. The Morgan fingerprint density at radius 2 is 1.90 bits per heavy atom. The highest BCUT2D eigenvalue weighted by Crippen LogP contribution is 2.04. The second-order valence-corrected chi connectivity index (χ2v) is 2.03. The molecule has 1 rings (SSSR count). The van der Waals surface area contributed by atoms with Crippen molar-refractivity contribution in [2.45, 2.75) is 0 Å². The summed E-state index contributed by atoms with van der Waals surface area (Å²) in [4.78, 5) is 9.84. The molecule has 50 valence electrons. The van der Waals surface area contributed by atoms with Gasteiger partial charge in [-0.25, -0.2) is 0 Å². The van der Waals surface area contributed by atoms with Crippen molar-refractivity contribution in [2.24, 2.45) is 0 Å². The zero-order valence-electron chi connectivity index (χ0n) is 5.70. The minimum Gasteiger partial charge on any atom is -0.429 e. The zero-order chi connectivity index (χ0) is 7.40. The van der Waals surface area contributed by atoms with Crippen LogP contribution in [0.4, 0.5) is 0 Å². The van der Waals surface area contributed by atoms with Gasteiger partial charge in [-0.3, -0.25) is 4.79 Å². The lowest BCUT2D eigenvalue weighted by atomic mass is 9.97. The van der Waals surface area contributed by atoms with Crippen molar-refractivity contribution in [1.82, 2.24) is 0 Å². The van der Waals surface area contributed by atoms with Crippen LogP contribution in [0.3, 0.4) is 0 Å². The molecule has 0 aromatic heterocycles. The molecule has 0 aliphatic rings. The second kappa shape index (κ2) is 3.06. The highest BCUT2D eigenvalue weighted by molar-refractivity contribution is 6.32. The number of carbonyl (C=O) groups is 1. The van der Waals surface area contributed by atoms with Crippen molar-refractivity contribution >= 4 is 19.8 Å². The van der Waals surface area contributed by atoms with E-state index in [-0.39, 0.29) is 0 Å². The van der Waals surface area contributed by atoms with Gasteiger partial charge in [-0.2, -0.15) is 0 Å². The molecule has 0 aliphatic carbocycles. The van der Waals surface area contributed by atoms with Crippen LogP contribution in [0, 0.1) is 0 Å². The van der Waals surface area contributed by atoms with E-state index >= 15 is 0 Å². The van der Waals surface area contributed by atoms with Gasteiger partial charge in [-0.15, -0.1) is 0 Å². The molecule has 0 saturated carbocycles. The first-order chi connectivity index (χ1) is 4.83. The predicted molar refractivity (Wildman–Crippen MR) is 41.3 cm³/mol. The summed E-state index contributed by atoms with van der Waals surface area (Å²) in [5.41, 5.74) is 1.15. The quantitative estimate of drug-likeness (QED) is 0.401. The Morgan fingerprint density at radius 1 is 1.30 bits per heavy atom. The molecule has 1 aromatic rings. The molecule has 0 heterocycles. The van der Waals surface area contributed by atoms with E-state index < -0.39 is 0 Å². The third kappa shape index (κ3) is 1.62. The number of hydrogen-bond acceptors (Lipinski definition) is 2. The third-order valence-electron chi connectivity index (χ3n) is 1.21. The monoisotopic (exact) mass is 134 g/mol. The van der Waals surface area contributed by atoms with Gasteiger partial charge >= 0.3 is 0 Å². The lowest BCUT2D eigenvalue weighted by Crippen LogP contribution is -1.99. The van der Waals surface area contributed by atoms with E-state index in [1.54, 1.807) is 12.1 Å². The maximum atomic E-state index is 9.84. The first-order valence-corrected chi connectivity index (χ1v) is 3.00. The summed E-state index contributed by atoms with van der Waals surface area (Å²) in [5.74, 6) is 0.584. The maximum absolute atomic E-state index is 9.84. The Balaban J connectivity index is 2.78. The van der Waals surface area contributed by atoms with Crippen LogP contribution in [0.2, 0.25) is 0 Å².